The van der Waals surface area contributed by atoms with Gasteiger partial charge in [-0.3, -0.25) is 0 Å². The molecular weight excluding hydrogens is 222 g/mol. The molecule has 0 saturated heterocycles. The monoisotopic (exact) mass is 241 g/mol. The Morgan fingerprint density at radius 1 is 1.56 bits per heavy atom. The topological polar surface area (TPSA) is 45.2 Å². The van der Waals surface area contributed by atoms with Gasteiger partial charge in [-0.15, -0.1) is 11.3 Å². The fraction of sp³-hybridized carbons (Fsp3) is 0.636. The van der Waals surface area contributed by atoms with Crippen LogP contribution in [0.1, 0.15) is 30.5 Å². The van der Waals surface area contributed by atoms with Crippen LogP contribution in [-0.4, -0.2) is 36.6 Å². The molecule has 0 aliphatic rings. The van der Waals surface area contributed by atoms with Crippen LogP contribution in [0.4, 0.5) is 4.79 Å². The zero-order chi connectivity index (χ0) is 12.1. The summed E-state index contributed by atoms with van der Waals surface area (Å²) in [5.74, 6) is 0.473. The van der Waals surface area contributed by atoms with Crippen molar-refractivity contribution in [2.45, 2.75) is 26.2 Å². The van der Waals surface area contributed by atoms with E-state index in [1.54, 1.807) is 25.4 Å². The summed E-state index contributed by atoms with van der Waals surface area (Å²) >= 11 is 1.66. The summed E-state index contributed by atoms with van der Waals surface area (Å²) < 4.78 is 0. The first-order valence-electron chi connectivity index (χ1n) is 5.40. The Bertz CT molecular complexity index is 347. The van der Waals surface area contributed by atoms with Gasteiger partial charge in [0.1, 0.15) is 0 Å². The fourth-order valence-corrected chi connectivity index (χ4v) is 2.10. The molecule has 0 aliphatic carbocycles. The zero-order valence-corrected chi connectivity index (χ0v) is 11.1. The molecule has 90 valence electrons. The van der Waals surface area contributed by atoms with Crippen LogP contribution in [-0.2, 0) is 6.42 Å². The van der Waals surface area contributed by atoms with Crippen molar-refractivity contribution in [2.24, 2.45) is 0 Å². The van der Waals surface area contributed by atoms with Gasteiger partial charge in [-0.05, 0) is 5.92 Å². The van der Waals surface area contributed by atoms with Crippen molar-refractivity contribution in [3.05, 3.63) is 16.1 Å². The Hall–Kier alpha value is -1.10. The number of aromatic nitrogens is 1. The molecule has 1 heterocycles. The van der Waals surface area contributed by atoms with Crippen LogP contribution in [0.3, 0.4) is 0 Å². The molecule has 1 N–H and O–H groups in total. The molecule has 4 nitrogen and oxygen atoms in total. The molecule has 0 radical (unpaired) electrons. The van der Waals surface area contributed by atoms with Crippen molar-refractivity contribution in [3.63, 3.8) is 0 Å². The summed E-state index contributed by atoms with van der Waals surface area (Å²) in [5, 5.41) is 6.00. The Kier molecular flexibility index (Phi) is 4.73. The van der Waals surface area contributed by atoms with Gasteiger partial charge in [0.15, 0.2) is 0 Å². The number of nitrogens with one attached hydrogen (secondary N) is 1. The lowest BCUT2D eigenvalue weighted by Gasteiger charge is -2.10. The van der Waals surface area contributed by atoms with Crippen LogP contribution in [0.15, 0.2) is 5.38 Å². The van der Waals surface area contributed by atoms with E-state index in [1.807, 2.05) is 0 Å². The molecule has 1 aromatic rings. The highest BCUT2D eigenvalue weighted by atomic mass is 32.1. The van der Waals surface area contributed by atoms with E-state index in [1.165, 1.54) is 4.90 Å². The van der Waals surface area contributed by atoms with E-state index in [4.69, 9.17) is 0 Å². The van der Waals surface area contributed by atoms with Gasteiger partial charge in [-0.1, -0.05) is 13.8 Å². The molecule has 16 heavy (non-hydrogen) atoms. The number of urea groups is 1. The average molecular weight is 241 g/mol. The van der Waals surface area contributed by atoms with E-state index in [0.717, 1.165) is 17.1 Å². The van der Waals surface area contributed by atoms with Crippen LogP contribution < -0.4 is 5.32 Å². The van der Waals surface area contributed by atoms with Crippen molar-refractivity contribution in [3.8, 4) is 0 Å². The van der Waals surface area contributed by atoms with Crippen LogP contribution in [0, 0.1) is 0 Å². The first kappa shape index (κ1) is 13.0. The number of amides is 2. The van der Waals surface area contributed by atoms with Crippen molar-refractivity contribution in [2.75, 3.05) is 20.6 Å². The Labute approximate surface area is 101 Å². The molecule has 1 aromatic heterocycles. The maximum absolute atomic E-state index is 11.2. The number of hydrogen-bond acceptors (Lipinski definition) is 3. The minimum atomic E-state index is -0.0550. The molecule has 0 aliphatic heterocycles. The first-order chi connectivity index (χ1) is 7.50. The zero-order valence-electron chi connectivity index (χ0n) is 10.3. The summed E-state index contributed by atoms with van der Waals surface area (Å²) in [6, 6.07) is -0.0550. The van der Waals surface area contributed by atoms with Crippen LogP contribution in [0.5, 0.6) is 0 Å². The minimum absolute atomic E-state index is 0.0550. The van der Waals surface area contributed by atoms with Gasteiger partial charge in [-0.25, -0.2) is 9.78 Å². The molecule has 0 spiro atoms. The number of rotatable bonds is 4. The van der Waals surface area contributed by atoms with Gasteiger partial charge in [0.25, 0.3) is 0 Å². The number of carbonyl (C=O) groups is 1. The summed E-state index contributed by atoms with van der Waals surface area (Å²) in [7, 11) is 3.46. The van der Waals surface area contributed by atoms with E-state index in [0.29, 0.717) is 12.5 Å². The largest absolute Gasteiger partial charge is 0.338 e. The highest BCUT2D eigenvalue weighted by Gasteiger charge is 2.06. The van der Waals surface area contributed by atoms with Gasteiger partial charge in [0.2, 0.25) is 0 Å². The predicted octanol–water partition coefficient (Wildman–Crippen LogP) is 2.08. The summed E-state index contributed by atoms with van der Waals surface area (Å²) in [6.45, 7) is 4.90. The van der Waals surface area contributed by atoms with Crippen molar-refractivity contribution >= 4 is 17.4 Å². The maximum Gasteiger partial charge on any atom is 0.316 e. The van der Waals surface area contributed by atoms with Crippen LogP contribution >= 0.6 is 11.3 Å². The number of hydrogen-bond donors (Lipinski definition) is 1. The molecule has 0 aromatic carbocycles. The van der Waals surface area contributed by atoms with E-state index in [9.17, 15) is 4.79 Å². The molecule has 2 amide bonds. The SMILES string of the molecule is CC(C)c1csc(CCNC(=O)N(C)C)n1. The second-order valence-corrected chi connectivity index (χ2v) is 5.14. The van der Waals surface area contributed by atoms with Crippen molar-refractivity contribution < 1.29 is 4.79 Å². The molecule has 1 rings (SSSR count). The standard InChI is InChI=1S/C11H19N3OS/c1-8(2)9-7-16-10(13-9)5-6-12-11(15)14(3)4/h7-8H,5-6H2,1-4H3,(H,12,15). The van der Waals surface area contributed by atoms with Gasteiger partial charge in [0, 0.05) is 32.4 Å². The molecule has 0 fully saturated rings. The lowest BCUT2D eigenvalue weighted by atomic mass is 10.2. The van der Waals surface area contributed by atoms with Crippen LogP contribution in [0.25, 0.3) is 0 Å². The summed E-state index contributed by atoms with van der Waals surface area (Å²) in [4.78, 5) is 17.3. The third-order valence-electron chi connectivity index (χ3n) is 2.18. The van der Waals surface area contributed by atoms with Gasteiger partial charge < -0.3 is 10.2 Å². The van der Waals surface area contributed by atoms with Gasteiger partial charge in [0.05, 0.1) is 10.7 Å². The number of nitrogens with zero attached hydrogens (tertiary/aromatic N) is 2. The van der Waals surface area contributed by atoms with E-state index in [2.05, 4.69) is 29.5 Å². The molecule has 5 heteroatoms. The Morgan fingerprint density at radius 3 is 2.75 bits per heavy atom. The molecule has 0 saturated carbocycles. The van der Waals surface area contributed by atoms with E-state index < -0.39 is 0 Å². The van der Waals surface area contributed by atoms with Crippen molar-refractivity contribution in [1.82, 2.24) is 15.2 Å². The van der Waals surface area contributed by atoms with E-state index >= 15 is 0 Å². The minimum Gasteiger partial charge on any atom is -0.338 e. The lowest BCUT2D eigenvalue weighted by molar-refractivity contribution is 0.217. The molecule has 0 bridgehead atoms. The Balaban J connectivity index is 2.35. The van der Waals surface area contributed by atoms with Crippen molar-refractivity contribution in [1.29, 1.82) is 0 Å². The molecule has 0 unspecified atom stereocenters. The molecular formula is C11H19N3OS. The van der Waals surface area contributed by atoms with Crippen LogP contribution in [0.2, 0.25) is 0 Å². The third kappa shape index (κ3) is 3.81. The van der Waals surface area contributed by atoms with Gasteiger partial charge in [-0.2, -0.15) is 0 Å². The average Bonchev–Trinajstić information content (AvgIpc) is 2.66. The second kappa shape index (κ2) is 5.84. The van der Waals surface area contributed by atoms with Gasteiger partial charge >= 0.3 is 6.03 Å². The second-order valence-electron chi connectivity index (χ2n) is 4.20. The highest BCUT2D eigenvalue weighted by Crippen LogP contribution is 2.17. The quantitative estimate of drug-likeness (QED) is 0.877. The smallest absolute Gasteiger partial charge is 0.316 e. The Morgan fingerprint density at radius 2 is 2.25 bits per heavy atom. The summed E-state index contributed by atoms with van der Waals surface area (Å²) in [5.41, 5.74) is 1.14. The number of carbonyl (C=O) groups excluding carboxylic acids is 1. The molecule has 0 atom stereocenters. The number of thiazole rings is 1. The highest BCUT2D eigenvalue weighted by molar-refractivity contribution is 7.09. The normalized spacial score (nSPS) is 10.6. The first-order valence-corrected chi connectivity index (χ1v) is 6.28. The maximum atomic E-state index is 11.2. The third-order valence-corrected chi connectivity index (χ3v) is 3.11. The summed E-state index contributed by atoms with van der Waals surface area (Å²) in [6.07, 6.45) is 0.803. The fourth-order valence-electron chi connectivity index (χ4n) is 1.14. The van der Waals surface area contributed by atoms with E-state index in [-0.39, 0.29) is 6.03 Å². The predicted molar refractivity (Wildman–Crippen MR) is 67.0 cm³/mol. The lowest BCUT2D eigenvalue weighted by Crippen LogP contribution is -2.35.